The van der Waals surface area contributed by atoms with Crippen LogP contribution in [0, 0.1) is 6.92 Å². The van der Waals surface area contributed by atoms with E-state index in [0.717, 1.165) is 49.2 Å². The number of furan rings is 1. The average Bonchev–Trinajstić information content (AvgIpc) is 3.54. The van der Waals surface area contributed by atoms with E-state index in [4.69, 9.17) is 9.15 Å². The van der Waals surface area contributed by atoms with Gasteiger partial charge in [0.25, 0.3) is 0 Å². The maximum atomic E-state index is 5.58. The Hall–Kier alpha value is -3.65. The number of aromatic nitrogens is 4. The minimum absolute atomic E-state index is 0.0459. The van der Waals surface area contributed by atoms with E-state index in [-0.39, 0.29) is 6.04 Å². The molecule has 1 aliphatic heterocycles. The molecule has 1 aliphatic rings. The van der Waals surface area contributed by atoms with Crippen molar-refractivity contribution in [3.63, 3.8) is 0 Å². The number of anilines is 1. The van der Waals surface area contributed by atoms with Crippen molar-refractivity contribution in [2.45, 2.75) is 19.5 Å². The number of hydrogen-bond acceptors (Lipinski definition) is 7. The maximum absolute atomic E-state index is 5.58. The van der Waals surface area contributed by atoms with Gasteiger partial charge in [-0.25, -0.2) is 4.68 Å². The van der Waals surface area contributed by atoms with Gasteiger partial charge in [0.2, 0.25) is 0 Å². The molecule has 0 bridgehead atoms. The van der Waals surface area contributed by atoms with Crippen LogP contribution in [0.15, 0.2) is 71.3 Å². The Kier molecular flexibility index (Phi) is 6.08. The van der Waals surface area contributed by atoms with Crippen molar-refractivity contribution >= 4 is 5.69 Å². The first-order valence-electron chi connectivity index (χ1n) is 11.2. The number of methoxy groups -OCH3 is 1. The highest BCUT2D eigenvalue weighted by molar-refractivity contribution is 5.58. The van der Waals surface area contributed by atoms with E-state index in [1.807, 2.05) is 28.9 Å². The first-order valence-corrected chi connectivity index (χ1v) is 11.2. The second kappa shape index (κ2) is 9.46. The number of para-hydroxylation sites is 2. The highest BCUT2D eigenvalue weighted by Gasteiger charge is 2.31. The maximum Gasteiger partial charge on any atom is 0.173 e. The number of aryl methyl sites for hydroxylation is 1. The first kappa shape index (κ1) is 21.2. The van der Waals surface area contributed by atoms with Crippen LogP contribution in [-0.4, -0.2) is 58.4 Å². The minimum atomic E-state index is -0.0459. The molecular weight excluding hydrogens is 416 g/mol. The molecule has 0 radical (unpaired) electrons. The van der Waals surface area contributed by atoms with E-state index in [0.29, 0.717) is 6.54 Å². The topological polar surface area (TPSA) is 72.5 Å². The van der Waals surface area contributed by atoms with E-state index in [9.17, 15) is 0 Å². The zero-order chi connectivity index (χ0) is 22.6. The number of ether oxygens (including phenoxy) is 1. The number of hydrogen-bond donors (Lipinski definition) is 0. The van der Waals surface area contributed by atoms with Crippen molar-refractivity contribution < 1.29 is 9.15 Å². The van der Waals surface area contributed by atoms with Gasteiger partial charge in [-0.2, -0.15) is 0 Å². The van der Waals surface area contributed by atoms with Gasteiger partial charge in [-0.1, -0.05) is 42.0 Å². The van der Waals surface area contributed by atoms with Gasteiger partial charge in [-0.15, -0.1) is 5.10 Å². The molecule has 0 N–H and O–H groups in total. The van der Waals surface area contributed by atoms with Crippen LogP contribution in [0.5, 0.6) is 5.75 Å². The third kappa shape index (κ3) is 4.47. The Bertz CT molecular complexity index is 1160. The van der Waals surface area contributed by atoms with Gasteiger partial charge in [0.15, 0.2) is 5.82 Å². The summed E-state index contributed by atoms with van der Waals surface area (Å²) >= 11 is 0. The Morgan fingerprint density at radius 3 is 2.48 bits per heavy atom. The fourth-order valence-corrected chi connectivity index (χ4v) is 4.45. The lowest BCUT2D eigenvalue weighted by atomic mass is 10.0. The highest BCUT2D eigenvalue weighted by Crippen LogP contribution is 2.32. The molecule has 1 fully saturated rings. The predicted octanol–water partition coefficient (Wildman–Crippen LogP) is 3.54. The van der Waals surface area contributed by atoms with Crippen LogP contribution in [-0.2, 0) is 6.54 Å². The number of rotatable bonds is 7. The van der Waals surface area contributed by atoms with Crippen LogP contribution < -0.4 is 9.64 Å². The zero-order valence-corrected chi connectivity index (χ0v) is 19.0. The van der Waals surface area contributed by atoms with Crippen LogP contribution in [0.2, 0.25) is 0 Å². The van der Waals surface area contributed by atoms with Gasteiger partial charge in [0.05, 0.1) is 25.1 Å². The lowest BCUT2D eigenvalue weighted by Crippen LogP contribution is -2.48. The second-order valence-corrected chi connectivity index (χ2v) is 8.28. The van der Waals surface area contributed by atoms with Crippen molar-refractivity contribution in [1.29, 1.82) is 0 Å². The SMILES string of the molecule is COc1ccccc1N1CCN([C@H](c2ccc(C)cc2)c2nnnn2Cc2ccco2)CC1. The molecule has 2 aromatic carbocycles. The Morgan fingerprint density at radius 2 is 1.76 bits per heavy atom. The zero-order valence-electron chi connectivity index (χ0n) is 19.0. The van der Waals surface area contributed by atoms with E-state index in [1.165, 1.54) is 11.1 Å². The molecule has 0 spiro atoms. The van der Waals surface area contributed by atoms with E-state index >= 15 is 0 Å². The van der Waals surface area contributed by atoms with Gasteiger partial charge < -0.3 is 14.1 Å². The van der Waals surface area contributed by atoms with Gasteiger partial charge >= 0.3 is 0 Å². The summed E-state index contributed by atoms with van der Waals surface area (Å²) in [5, 5.41) is 12.8. The van der Waals surface area contributed by atoms with Crippen LogP contribution >= 0.6 is 0 Å². The third-order valence-corrected chi connectivity index (χ3v) is 6.19. The smallest absolute Gasteiger partial charge is 0.173 e. The van der Waals surface area contributed by atoms with Gasteiger partial charge in [-0.3, -0.25) is 4.90 Å². The molecule has 1 saturated heterocycles. The molecule has 4 aromatic rings. The number of tetrazole rings is 1. The third-order valence-electron chi connectivity index (χ3n) is 6.19. The van der Waals surface area contributed by atoms with Crippen LogP contribution in [0.3, 0.4) is 0 Å². The lowest BCUT2D eigenvalue weighted by Gasteiger charge is -2.40. The van der Waals surface area contributed by atoms with Gasteiger partial charge in [0.1, 0.15) is 18.1 Å². The minimum Gasteiger partial charge on any atom is -0.495 e. The fraction of sp³-hybridized carbons (Fsp3) is 0.320. The molecule has 0 saturated carbocycles. The fourth-order valence-electron chi connectivity index (χ4n) is 4.45. The standard InChI is InChI=1S/C25H28N6O2/c1-19-9-11-20(12-10-19)24(25-26-27-28-31(25)18-21-6-5-17-33-21)30-15-13-29(14-16-30)22-7-3-4-8-23(22)32-2/h3-12,17,24H,13-16,18H2,1-2H3/t24-/m1/s1. The molecule has 0 aliphatic carbocycles. The number of piperazine rings is 1. The summed E-state index contributed by atoms with van der Waals surface area (Å²) in [6, 6.07) is 20.6. The Labute approximate surface area is 193 Å². The highest BCUT2D eigenvalue weighted by atomic mass is 16.5. The largest absolute Gasteiger partial charge is 0.495 e. The van der Waals surface area contributed by atoms with Crippen molar-refractivity contribution in [3.8, 4) is 5.75 Å². The van der Waals surface area contributed by atoms with Crippen molar-refractivity contribution in [2.75, 3.05) is 38.2 Å². The normalized spacial score (nSPS) is 15.5. The number of benzene rings is 2. The molecule has 3 heterocycles. The van der Waals surface area contributed by atoms with Crippen molar-refractivity contribution in [3.05, 3.63) is 89.6 Å². The van der Waals surface area contributed by atoms with Gasteiger partial charge in [-0.05, 0) is 47.2 Å². The molecule has 0 amide bonds. The Morgan fingerprint density at radius 1 is 0.970 bits per heavy atom. The molecular formula is C25H28N6O2. The molecule has 0 unspecified atom stereocenters. The molecule has 5 rings (SSSR count). The summed E-state index contributed by atoms with van der Waals surface area (Å²) < 4.78 is 13.0. The van der Waals surface area contributed by atoms with Gasteiger partial charge in [0, 0.05) is 26.2 Å². The number of nitrogens with zero attached hydrogens (tertiary/aromatic N) is 6. The lowest BCUT2D eigenvalue weighted by molar-refractivity contribution is 0.200. The van der Waals surface area contributed by atoms with Crippen molar-refractivity contribution in [2.24, 2.45) is 0 Å². The summed E-state index contributed by atoms with van der Waals surface area (Å²) in [7, 11) is 1.72. The summed E-state index contributed by atoms with van der Waals surface area (Å²) in [6.45, 7) is 6.14. The summed E-state index contributed by atoms with van der Waals surface area (Å²) in [6.07, 6.45) is 1.67. The van der Waals surface area contributed by atoms with E-state index in [1.54, 1.807) is 13.4 Å². The summed E-state index contributed by atoms with van der Waals surface area (Å²) in [5.74, 6) is 2.55. The first-order chi connectivity index (χ1) is 16.2. The van der Waals surface area contributed by atoms with E-state index in [2.05, 4.69) is 68.6 Å². The predicted molar refractivity (Wildman–Crippen MR) is 125 cm³/mol. The molecule has 8 heteroatoms. The quantitative estimate of drug-likeness (QED) is 0.432. The average molecular weight is 445 g/mol. The van der Waals surface area contributed by atoms with Crippen LogP contribution in [0.1, 0.15) is 28.8 Å². The van der Waals surface area contributed by atoms with E-state index < -0.39 is 0 Å². The second-order valence-electron chi connectivity index (χ2n) is 8.28. The summed E-state index contributed by atoms with van der Waals surface area (Å²) in [4.78, 5) is 4.84. The molecule has 170 valence electrons. The summed E-state index contributed by atoms with van der Waals surface area (Å²) in [5.41, 5.74) is 3.55. The molecule has 1 atom stereocenters. The molecule has 2 aromatic heterocycles. The Balaban J connectivity index is 1.42. The molecule has 8 nitrogen and oxygen atoms in total. The molecule has 33 heavy (non-hydrogen) atoms. The van der Waals surface area contributed by atoms with Crippen molar-refractivity contribution in [1.82, 2.24) is 25.1 Å². The van der Waals surface area contributed by atoms with Crippen LogP contribution in [0.25, 0.3) is 0 Å². The monoisotopic (exact) mass is 444 g/mol. The van der Waals surface area contributed by atoms with Crippen LogP contribution in [0.4, 0.5) is 5.69 Å².